The van der Waals surface area contributed by atoms with Crippen LogP contribution in [-0.2, 0) is 12.8 Å². The molecule has 0 aromatic heterocycles. The molecule has 1 heterocycles. The number of hydrogen-bond acceptors (Lipinski definition) is 2. The van der Waals surface area contributed by atoms with Crippen molar-refractivity contribution in [1.82, 2.24) is 0 Å². The van der Waals surface area contributed by atoms with Crippen LogP contribution in [0.25, 0.3) is 0 Å². The van der Waals surface area contributed by atoms with Gasteiger partial charge in [-0.25, -0.2) is 8.78 Å². The second kappa shape index (κ2) is 4.26. The molecule has 1 aliphatic rings. The van der Waals surface area contributed by atoms with Crippen LogP contribution in [-0.4, -0.2) is 12.1 Å². The van der Waals surface area contributed by atoms with Gasteiger partial charge in [-0.15, -0.1) is 0 Å². The molecule has 1 aliphatic heterocycles. The van der Waals surface area contributed by atoms with Crippen molar-refractivity contribution < 1.29 is 13.5 Å². The molecule has 1 aromatic carbocycles. The van der Waals surface area contributed by atoms with Crippen LogP contribution >= 0.6 is 0 Å². The molecule has 1 aromatic rings. The van der Waals surface area contributed by atoms with Gasteiger partial charge >= 0.3 is 0 Å². The van der Waals surface area contributed by atoms with Crippen LogP contribution in [0.5, 0.6) is 5.75 Å². The third-order valence-corrected chi connectivity index (χ3v) is 2.83. The molecule has 0 spiro atoms. The molecule has 2 rings (SSSR count). The summed E-state index contributed by atoms with van der Waals surface area (Å²) in [6.07, 6.45) is 1.70. The highest BCUT2D eigenvalue weighted by molar-refractivity contribution is 5.45. The Morgan fingerprint density at radius 3 is 2.71 bits per heavy atom. The lowest BCUT2D eigenvalue weighted by molar-refractivity contribution is 0.275. The summed E-state index contributed by atoms with van der Waals surface area (Å²) < 4.78 is 32.8. The minimum absolute atomic E-state index is 0.335. The number of halogens is 2. The molecule has 0 amide bonds. The Morgan fingerprint density at radius 1 is 1.35 bits per heavy atom. The van der Waals surface area contributed by atoms with Gasteiger partial charge in [-0.3, -0.25) is 0 Å². The van der Waals surface area contributed by atoms with Crippen molar-refractivity contribution in [2.75, 3.05) is 6.61 Å². The molecule has 0 radical (unpaired) electrons. The number of ether oxygens (including phenoxy) is 1. The Morgan fingerprint density at radius 2 is 2.06 bits per heavy atom. The van der Waals surface area contributed by atoms with Crippen LogP contribution in [0.2, 0.25) is 0 Å². The van der Waals surface area contributed by atoms with E-state index < -0.39 is 17.2 Å². The van der Waals surface area contributed by atoms with Crippen molar-refractivity contribution >= 4 is 0 Å². The molecule has 0 atom stereocenters. The van der Waals surface area contributed by atoms with Gasteiger partial charge in [-0.2, -0.15) is 0 Å². The van der Waals surface area contributed by atoms with Crippen LogP contribution in [0.15, 0.2) is 6.07 Å². The summed E-state index contributed by atoms with van der Waals surface area (Å²) in [7, 11) is 0. The maximum Gasteiger partial charge on any atom is 0.133 e. The van der Waals surface area contributed by atoms with E-state index in [0.29, 0.717) is 36.3 Å². The molecule has 0 aliphatic carbocycles. The molecule has 17 heavy (non-hydrogen) atoms. The minimum Gasteiger partial charge on any atom is -0.493 e. The van der Waals surface area contributed by atoms with Crippen molar-refractivity contribution in [2.45, 2.75) is 38.6 Å². The molecule has 94 valence electrons. The van der Waals surface area contributed by atoms with Gasteiger partial charge in [0.25, 0.3) is 0 Å². The zero-order chi connectivity index (χ0) is 12.6. The van der Waals surface area contributed by atoms with Gasteiger partial charge in [0.05, 0.1) is 6.61 Å². The first-order chi connectivity index (χ1) is 7.88. The van der Waals surface area contributed by atoms with E-state index in [1.165, 1.54) is 0 Å². The van der Waals surface area contributed by atoms with E-state index in [0.717, 1.165) is 12.5 Å². The first-order valence-electron chi connectivity index (χ1n) is 5.80. The highest BCUT2D eigenvalue weighted by Crippen LogP contribution is 2.34. The quantitative estimate of drug-likeness (QED) is 0.863. The van der Waals surface area contributed by atoms with Crippen molar-refractivity contribution in [1.29, 1.82) is 0 Å². The lowest BCUT2D eigenvalue weighted by Crippen LogP contribution is -2.35. The Balaban J connectivity index is 2.50. The van der Waals surface area contributed by atoms with Crippen LogP contribution in [0.1, 0.15) is 31.4 Å². The van der Waals surface area contributed by atoms with E-state index in [1.807, 2.05) is 13.8 Å². The average Bonchev–Trinajstić information content (AvgIpc) is 2.23. The maximum absolute atomic E-state index is 13.8. The van der Waals surface area contributed by atoms with Gasteiger partial charge in [0.15, 0.2) is 0 Å². The van der Waals surface area contributed by atoms with E-state index >= 15 is 0 Å². The van der Waals surface area contributed by atoms with Gasteiger partial charge in [0, 0.05) is 22.7 Å². The summed E-state index contributed by atoms with van der Waals surface area (Å²) in [4.78, 5) is 0. The standard InChI is InChI=1S/C13H17F2NO/c1-13(2,16)7-9-11(15)6-10(14)8-4-3-5-17-12(8)9/h6H,3-5,7,16H2,1-2H3. The van der Waals surface area contributed by atoms with Gasteiger partial charge in [0.1, 0.15) is 17.4 Å². The number of rotatable bonds is 2. The fourth-order valence-electron chi connectivity index (χ4n) is 2.14. The van der Waals surface area contributed by atoms with Gasteiger partial charge in [-0.1, -0.05) is 0 Å². The molecular weight excluding hydrogens is 224 g/mol. The summed E-state index contributed by atoms with van der Waals surface area (Å²) >= 11 is 0. The van der Waals surface area contributed by atoms with Crippen molar-refractivity contribution in [2.24, 2.45) is 5.73 Å². The molecule has 0 bridgehead atoms. The molecule has 0 saturated carbocycles. The summed E-state index contributed by atoms with van der Waals surface area (Å²) in [5.74, 6) is -0.718. The molecule has 0 saturated heterocycles. The smallest absolute Gasteiger partial charge is 0.133 e. The monoisotopic (exact) mass is 241 g/mol. The van der Waals surface area contributed by atoms with E-state index in [2.05, 4.69) is 0 Å². The summed E-state index contributed by atoms with van der Waals surface area (Å²) in [5, 5.41) is 0. The number of fused-ring (bicyclic) bond motifs is 1. The minimum atomic E-state index is -0.568. The van der Waals surface area contributed by atoms with E-state index in [-0.39, 0.29) is 0 Å². The molecule has 0 fully saturated rings. The predicted octanol–water partition coefficient (Wildman–Crippen LogP) is 2.57. The summed E-state index contributed by atoms with van der Waals surface area (Å²) in [6.45, 7) is 4.13. The number of benzene rings is 1. The fourth-order valence-corrected chi connectivity index (χ4v) is 2.14. The maximum atomic E-state index is 13.8. The molecule has 2 N–H and O–H groups in total. The summed E-state index contributed by atoms with van der Waals surface area (Å²) in [5.41, 5.74) is 6.22. The normalized spacial score (nSPS) is 15.4. The molecule has 0 unspecified atom stereocenters. The van der Waals surface area contributed by atoms with Gasteiger partial charge in [-0.05, 0) is 33.1 Å². The van der Waals surface area contributed by atoms with E-state index in [9.17, 15) is 8.78 Å². The molecular formula is C13H17F2NO. The van der Waals surface area contributed by atoms with Crippen LogP contribution in [0.3, 0.4) is 0 Å². The third kappa shape index (κ3) is 2.57. The first-order valence-corrected chi connectivity index (χ1v) is 5.80. The lowest BCUT2D eigenvalue weighted by Gasteiger charge is -2.25. The number of nitrogens with two attached hydrogens (primary N) is 1. The highest BCUT2D eigenvalue weighted by atomic mass is 19.1. The van der Waals surface area contributed by atoms with Gasteiger partial charge in [0.2, 0.25) is 0 Å². The summed E-state index contributed by atoms with van der Waals surface area (Å²) in [6, 6.07) is 0.939. The predicted molar refractivity (Wildman–Crippen MR) is 62.1 cm³/mol. The second-order valence-corrected chi connectivity index (χ2v) is 5.24. The van der Waals surface area contributed by atoms with Crippen LogP contribution in [0.4, 0.5) is 8.78 Å². The molecule has 2 nitrogen and oxygen atoms in total. The molecule has 4 heteroatoms. The Hall–Kier alpha value is -1.16. The van der Waals surface area contributed by atoms with Crippen molar-refractivity contribution in [3.8, 4) is 5.75 Å². The Labute approximate surface area is 99.8 Å². The van der Waals surface area contributed by atoms with Crippen molar-refractivity contribution in [3.05, 3.63) is 28.8 Å². The zero-order valence-electron chi connectivity index (χ0n) is 10.1. The third-order valence-electron chi connectivity index (χ3n) is 2.83. The Kier molecular flexibility index (Phi) is 3.08. The fraction of sp³-hybridized carbons (Fsp3) is 0.538. The van der Waals surface area contributed by atoms with E-state index in [1.54, 1.807) is 0 Å². The highest BCUT2D eigenvalue weighted by Gasteiger charge is 2.25. The van der Waals surface area contributed by atoms with Crippen LogP contribution < -0.4 is 10.5 Å². The average molecular weight is 241 g/mol. The zero-order valence-corrected chi connectivity index (χ0v) is 10.1. The topological polar surface area (TPSA) is 35.2 Å². The second-order valence-electron chi connectivity index (χ2n) is 5.24. The van der Waals surface area contributed by atoms with E-state index in [4.69, 9.17) is 10.5 Å². The SMILES string of the molecule is CC(C)(N)Cc1c(F)cc(F)c2c1OCCC2. The largest absolute Gasteiger partial charge is 0.493 e. The first kappa shape index (κ1) is 12.3. The number of hydrogen-bond donors (Lipinski definition) is 1. The van der Waals surface area contributed by atoms with Crippen LogP contribution in [0, 0.1) is 11.6 Å². The van der Waals surface area contributed by atoms with Crippen molar-refractivity contribution in [3.63, 3.8) is 0 Å². The lowest BCUT2D eigenvalue weighted by atomic mass is 9.92. The van der Waals surface area contributed by atoms with Gasteiger partial charge < -0.3 is 10.5 Å². The Bertz CT molecular complexity index is 438.